The van der Waals surface area contributed by atoms with Crippen LogP contribution in [-0.2, 0) is 10.0 Å². The number of halogens is 2. The van der Waals surface area contributed by atoms with Crippen molar-refractivity contribution in [1.82, 2.24) is 4.31 Å². The largest absolute Gasteiger partial charge is 0.330 e. The van der Waals surface area contributed by atoms with Gasteiger partial charge in [0.25, 0.3) is 0 Å². The minimum atomic E-state index is -3.57. The van der Waals surface area contributed by atoms with Gasteiger partial charge in [0.15, 0.2) is 0 Å². The van der Waals surface area contributed by atoms with E-state index in [2.05, 4.69) is 0 Å². The van der Waals surface area contributed by atoms with Gasteiger partial charge in [-0.25, -0.2) is 8.42 Å². The Bertz CT molecular complexity index is 592. The van der Waals surface area contributed by atoms with Crippen LogP contribution in [0.15, 0.2) is 23.1 Å². The highest BCUT2D eigenvalue weighted by molar-refractivity contribution is 7.89. The maximum absolute atomic E-state index is 12.6. The highest BCUT2D eigenvalue weighted by Gasteiger charge is 2.36. The number of hydrogen-bond donors (Lipinski definition) is 1. The molecule has 2 N–H and O–H groups in total. The molecule has 7 heteroatoms. The Hall–Kier alpha value is -0.330. The van der Waals surface area contributed by atoms with Crippen LogP contribution in [-0.4, -0.2) is 32.4 Å². The molecule has 2 rings (SSSR count). The number of rotatable bonds is 4. The number of nitrogens with two attached hydrogens (primary N) is 1. The molecule has 1 aliphatic carbocycles. The fourth-order valence-corrected chi connectivity index (χ4v) is 4.59. The minimum absolute atomic E-state index is 0.0422. The number of sulfonamides is 1. The lowest BCUT2D eigenvalue weighted by Crippen LogP contribution is -2.41. The van der Waals surface area contributed by atoms with Gasteiger partial charge in [-0.2, -0.15) is 4.31 Å². The third-order valence-electron chi connectivity index (χ3n) is 3.96. The molecular formula is C13H18Cl2N2O2S. The van der Waals surface area contributed by atoms with Gasteiger partial charge >= 0.3 is 0 Å². The smallest absolute Gasteiger partial charge is 0.243 e. The van der Waals surface area contributed by atoms with E-state index in [1.165, 1.54) is 22.5 Å². The van der Waals surface area contributed by atoms with Crippen molar-refractivity contribution in [2.75, 3.05) is 13.6 Å². The Morgan fingerprint density at radius 1 is 1.30 bits per heavy atom. The molecule has 112 valence electrons. The molecular weight excluding hydrogens is 319 g/mol. The zero-order valence-corrected chi connectivity index (χ0v) is 13.5. The van der Waals surface area contributed by atoms with E-state index in [4.69, 9.17) is 28.9 Å². The first-order valence-corrected chi connectivity index (χ1v) is 8.70. The van der Waals surface area contributed by atoms with E-state index < -0.39 is 10.0 Å². The molecule has 20 heavy (non-hydrogen) atoms. The van der Waals surface area contributed by atoms with Gasteiger partial charge in [0.05, 0.1) is 14.9 Å². The fourth-order valence-electron chi connectivity index (χ4n) is 2.75. The van der Waals surface area contributed by atoms with Gasteiger partial charge in [-0.1, -0.05) is 29.6 Å². The van der Waals surface area contributed by atoms with E-state index in [1.807, 2.05) is 0 Å². The third-order valence-corrected chi connectivity index (χ3v) is 6.57. The van der Waals surface area contributed by atoms with Crippen molar-refractivity contribution in [1.29, 1.82) is 0 Å². The quantitative estimate of drug-likeness (QED) is 0.919. The van der Waals surface area contributed by atoms with Crippen LogP contribution >= 0.6 is 23.2 Å². The predicted octanol–water partition coefficient (Wildman–Crippen LogP) is 2.74. The SMILES string of the molecule is CN(C1CCCC1CN)S(=O)(=O)c1ccc(Cl)c(Cl)c1. The zero-order chi connectivity index (χ0) is 14.9. The first-order valence-electron chi connectivity index (χ1n) is 6.51. The first kappa shape index (κ1) is 16.0. The summed E-state index contributed by atoms with van der Waals surface area (Å²) in [7, 11) is -1.96. The molecule has 0 aromatic heterocycles. The van der Waals surface area contributed by atoms with E-state index in [0.717, 1.165) is 19.3 Å². The van der Waals surface area contributed by atoms with Crippen molar-refractivity contribution in [3.05, 3.63) is 28.2 Å². The highest BCUT2D eigenvalue weighted by atomic mass is 35.5. The second-order valence-electron chi connectivity index (χ2n) is 5.09. The summed E-state index contributed by atoms with van der Waals surface area (Å²) >= 11 is 11.7. The van der Waals surface area contributed by atoms with Crippen LogP contribution in [0.25, 0.3) is 0 Å². The van der Waals surface area contributed by atoms with Gasteiger partial charge in [0, 0.05) is 13.1 Å². The molecule has 0 spiro atoms. The lowest BCUT2D eigenvalue weighted by molar-refractivity contribution is 0.304. The van der Waals surface area contributed by atoms with Crippen molar-refractivity contribution < 1.29 is 8.42 Å². The maximum atomic E-state index is 12.6. The van der Waals surface area contributed by atoms with Gasteiger partial charge < -0.3 is 5.73 Å². The van der Waals surface area contributed by atoms with Gasteiger partial charge in [0.1, 0.15) is 0 Å². The number of nitrogens with zero attached hydrogens (tertiary/aromatic N) is 1. The molecule has 1 fully saturated rings. The standard InChI is InChI=1S/C13H18Cl2N2O2S/c1-17(13-4-2-3-9(13)8-16)20(18,19)10-5-6-11(14)12(15)7-10/h5-7,9,13H,2-4,8,16H2,1H3. The normalized spacial score (nSPS) is 23.4. The molecule has 1 saturated carbocycles. The second kappa shape index (κ2) is 6.20. The maximum Gasteiger partial charge on any atom is 0.243 e. The molecule has 2 atom stereocenters. The van der Waals surface area contributed by atoms with Crippen LogP contribution in [0, 0.1) is 5.92 Å². The van der Waals surface area contributed by atoms with Crippen LogP contribution in [0.5, 0.6) is 0 Å². The molecule has 1 aromatic carbocycles. The summed E-state index contributed by atoms with van der Waals surface area (Å²) in [5.41, 5.74) is 5.73. The van der Waals surface area contributed by atoms with Crippen molar-refractivity contribution >= 4 is 33.2 Å². The average molecular weight is 337 g/mol. The van der Waals surface area contributed by atoms with Crippen molar-refractivity contribution in [2.45, 2.75) is 30.2 Å². The summed E-state index contributed by atoms with van der Waals surface area (Å²) in [5.74, 6) is 0.220. The summed E-state index contributed by atoms with van der Waals surface area (Å²) < 4.78 is 26.7. The third kappa shape index (κ3) is 2.97. The molecule has 4 nitrogen and oxygen atoms in total. The zero-order valence-electron chi connectivity index (χ0n) is 11.2. The molecule has 0 bridgehead atoms. The van der Waals surface area contributed by atoms with Crippen molar-refractivity contribution in [3.63, 3.8) is 0 Å². The lowest BCUT2D eigenvalue weighted by atomic mass is 10.0. The van der Waals surface area contributed by atoms with Crippen LogP contribution in [0.2, 0.25) is 10.0 Å². The second-order valence-corrected chi connectivity index (χ2v) is 7.90. The molecule has 0 aliphatic heterocycles. The topological polar surface area (TPSA) is 63.4 Å². The van der Waals surface area contributed by atoms with Crippen LogP contribution < -0.4 is 5.73 Å². The van der Waals surface area contributed by atoms with Crippen molar-refractivity contribution in [3.8, 4) is 0 Å². The van der Waals surface area contributed by atoms with E-state index >= 15 is 0 Å². The van der Waals surface area contributed by atoms with Crippen molar-refractivity contribution in [2.24, 2.45) is 11.7 Å². The van der Waals surface area contributed by atoms with E-state index in [9.17, 15) is 8.42 Å². The molecule has 2 unspecified atom stereocenters. The summed E-state index contributed by atoms with van der Waals surface area (Å²) in [6, 6.07) is 4.33. The van der Waals surface area contributed by atoms with E-state index in [-0.39, 0.29) is 21.9 Å². The van der Waals surface area contributed by atoms with Gasteiger partial charge in [0.2, 0.25) is 10.0 Å². The molecule has 0 saturated heterocycles. The van der Waals surface area contributed by atoms with Gasteiger partial charge in [-0.15, -0.1) is 0 Å². The fraction of sp³-hybridized carbons (Fsp3) is 0.538. The Kier molecular flexibility index (Phi) is 4.97. The lowest BCUT2D eigenvalue weighted by Gasteiger charge is -2.28. The highest BCUT2D eigenvalue weighted by Crippen LogP contribution is 2.33. The number of hydrogen-bond acceptors (Lipinski definition) is 3. The van der Waals surface area contributed by atoms with Gasteiger partial charge in [-0.05, 0) is 43.5 Å². The molecule has 0 heterocycles. The van der Waals surface area contributed by atoms with Gasteiger partial charge in [-0.3, -0.25) is 0 Å². The Morgan fingerprint density at radius 2 is 2.00 bits per heavy atom. The predicted molar refractivity (Wildman–Crippen MR) is 81.6 cm³/mol. The van der Waals surface area contributed by atoms with Crippen LogP contribution in [0.3, 0.4) is 0 Å². The summed E-state index contributed by atoms with van der Waals surface area (Å²) in [6.45, 7) is 0.506. The van der Waals surface area contributed by atoms with Crippen LogP contribution in [0.4, 0.5) is 0 Å². The first-order chi connectivity index (χ1) is 9.37. The molecule has 0 amide bonds. The summed E-state index contributed by atoms with van der Waals surface area (Å²) in [4.78, 5) is 0.164. The monoisotopic (exact) mass is 336 g/mol. The Labute approximate surface area is 129 Å². The minimum Gasteiger partial charge on any atom is -0.330 e. The molecule has 0 radical (unpaired) electrons. The average Bonchev–Trinajstić information content (AvgIpc) is 2.88. The molecule has 1 aromatic rings. The molecule has 1 aliphatic rings. The Balaban J connectivity index is 2.31. The summed E-state index contributed by atoms with van der Waals surface area (Å²) in [5, 5.41) is 0.580. The van der Waals surface area contributed by atoms with E-state index in [1.54, 1.807) is 7.05 Å². The number of benzene rings is 1. The van der Waals surface area contributed by atoms with Crippen LogP contribution in [0.1, 0.15) is 19.3 Å². The van der Waals surface area contributed by atoms with E-state index in [0.29, 0.717) is 11.6 Å². The summed E-state index contributed by atoms with van der Waals surface area (Å²) in [6.07, 6.45) is 2.83. The Morgan fingerprint density at radius 3 is 2.60 bits per heavy atom.